The number of nitrogens with one attached hydrogen (secondary N) is 1. The molecule has 9 heteroatoms. The van der Waals surface area contributed by atoms with Gasteiger partial charge in [-0.2, -0.15) is 0 Å². The smallest absolute Gasteiger partial charge is 0.265 e. The minimum absolute atomic E-state index is 0.0978. The second kappa shape index (κ2) is 6.01. The summed E-state index contributed by atoms with van der Waals surface area (Å²) in [6.07, 6.45) is 0. The van der Waals surface area contributed by atoms with E-state index in [1.165, 1.54) is 24.3 Å². The minimum Gasteiger partial charge on any atom is -0.366 e. The highest BCUT2D eigenvalue weighted by molar-refractivity contribution is 9.10. The summed E-state index contributed by atoms with van der Waals surface area (Å²) in [5.41, 5.74) is 5.36. The molecule has 2 aromatic rings. The van der Waals surface area contributed by atoms with Gasteiger partial charge in [-0.05, 0) is 46.3 Å². The molecule has 0 aliphatic heterocycles. The van der Waals surface area contributed by atoms with Crippen LogP contribution >= 0.6 is 15.9 Å². The Morgan fingerprint density at radius 2 is 1.73 bits per heavy atom. The Kier molecular flexibility index (Phi) is 4.47. The zero-order valence-corrected chi connectivity index (χ0v) is 13.2. The molecule has 0 aliphatic carbocycles. The van der Waals surface area contributed by atoms with Crippen molar-refractivity contribution in [3.8, 4) is 0 Å². The molecule has 0 fully saturated rings. The lowest BCUT2D eigenvalue weighted by Crippen LogP contribution is -2.16. The average Bonchev–Trinajstić information content (AvgIpc) is 2.36. The van der Waals surface area contributed by atoms with Crippen LogP contribution in [0.5, 0.6) is 0 Å². The third-order valence-electron chi connectivity index (χ3n) is 2.65. The number of primary amides is 1. The van der Waals surface area contributed by atoms with Crippen LogP contribution < -0.4 is 10.5 Å². The van der Waals surface area contributed by atoms with Crippen LogP contribution in [0.3, 0.4) is 0 Å². The van der Waals surface area contributed by atoms with E-state index >= 15 is 0 Å². The van der Waals surface area contributed by atoms with Crippen LogP contribution in [0.15, 0.2) is 45.8 Å². The van der Waals surface area contributed by atoms with Crippen LogP contribution in [0.25, 0.3) is 0 Å². The number of carbonyl (C=O) groups is 1. The van der Waals surface area contributed by atoms with Gasteiger partial charge in [0.05, 0.1) is 0 Å². The maximum absolute atomic E-state index is 13.7. The molecular weight excluding hydrogens is 382 g/mol. The first-order valence-electron chi connectivity index (χ1n) is 5.78. The summed E-state index contributed by atoms with van der Waals surface area (Å²) in [6.45, 7) is 0. The van der Waals surface area contributed by atoms with Gasteiger partial charge in [0, 0.05) is 21.8 Å². The van der Waals surface area contributed by atoms with Gasteiger partial charge in [0.2, 0.25) is 5.91 Å². The third kappa shape index (κ3) is 3.42. The standard InChI is InChI=1S/C13H9BrF2N2O3S/c14-10-5-8(15)6-11(16)12(10)22(20,21)18-9-3-1-7(2-4-9)13(17)19/h1-6,18H,(H2,17,19). The van der Waals surface area contributed by atoms with Crippen molar-refractivity contribution >= 4 is 37.5 Å². The van der Waals surface area contributed by atoms with Gasteiger partial charge in [-0.1, -0.05) is 0 Å². The normalized spacial score (nSPS) is 11.2. The molecule has 5 nitrogen and oxygen atoms in total. The number of hydrogen-bond acceptors (Lipinski definition) is 3. The molecule has 0 bridgehead atoms. The fourth-order valence-electron chi connectivity index (χ4n) is 1.69. The van der Waals surface area contributed by atoms with Crippen LogP contribution in [0.2, 0.25) is 0 Å². The highest BCUT2D eigenvalue weighted by Gasteiger charge is 2.23. The lowest BCUT2D eigenvalue weighted by molar-refractivity contribution is 0.100. The van der Waals surface area contributed by atoms with E-state index in [1.807, 2.05) is 0 Å². The van der Waals surface area contributed by atoms with Gasteiger partial charge < -0.3 is 5.73 Å². The average molecular weight is 391 g/mol. The first-order valence-corrected chi connectivity index (χ1v) is 8.05. The van der Waals surface area contributed by atoms with Gasteiger partial charge in [-0.25, -0.2) is 17.2 Å². The van der Waals surface area contributed by atoms with Crippen molar-refractivity contribution in [3.05, 3.63) is 58.1 Å². The van der Waals surface area contributed by atoms with Crippen molar-refractivity contribution < 1.29 is 22.0 Å². The zero-order chi connectivity index (χ0) is 16.5. The number of carbonyl (C=O) groups excluding carboxylic acids is 1. The van der Waals surface area contributed by atoms with Gasteiger partial charge in [0.25, 0.3) is 10.0 Å². The molecule has 1 amide bonds. The molecule has 3 N–H and O–H groups in total. The van der Waals surface area contributed by atoms with Crippen LogP contribution in [0.4, 0.5) is 14.5 Å². The molecule has 0 heterocycles. The molecular formula is C13H9BrF2N2O3S. The van der Waals surface area contributed by atoms with Crippen LogP contribution in [0, 0.1) is 11.6 Å². The number of amides is 1. The largest absolute Gasteiger partial charge is 0.366 e. The van der Waals surface area contributed by atoms with Crippen LogP contribution in [-0.4, -0.2) is 14.3 Å². The molecule has 0 aliphatic rings. The fourth-order valence-corrected chi connectivity index (χ4v) is 3.92. The van der Waals surface area contributed by atoms with Gasteiger partial charge in [-0.15, -0.1) is 0 Å². The number of sulfonamides is 1. The van der Waals surface area contributed by atoms with E-state index in [0.29, 0.717) is 6.07 Å². The quantitative estimate of drug-likeness (QED) is 0.840. The maximum atomic E-state index is 13.7. The molecule has 22 heavy (non-hydrogen) atoms. The minimum atomic E-state index is -4.28. The molecule has 2 rings (SSSR count). The van der Waals surface area contributed by atoms with E-state index in [-0.39, 0.29) is 15.7 Å². The molecule has 2 aromatic carbocycles. The van der Waals surface area contributed by atoms with E-state index in [4.69, 9.17) is 5.73 Å². The molecule has 0 atom stereocenters. The van der Waals surface area contributed by atoms with E-state index < -0.39 is 32.5 Å². The topological polar surface area (TPSA) is 89.3 Å². The first-order chi connectivity index (χ1) is 10.2. The predicted octanol–water partition coefficient (Wildman–Crippen LogP) is 2.63. The lowest BCUT2D eigenvalue weighted by atomic mass is 10.2. The Hall–Kier alpha value is -2.00. The Balaban J connectivity index is 2.38. The summed E-state index contributed by atoms with van der Waals surface area (Å²) < 4.78 is 53.0. The van der Waals surface area contributed by atoms with Crippen molar-refractivity contribution in [2.24, 2.45) is 5.73 Å². The van der Waals surface area contributed by atoms with Gasteiger partial charge in [-0.3, -0.25) is 9.52 Å². The van der Waals surface area contributed by atoms with Gasteiger partial charge >= 0.3 is 0 Å². The lowest BCUT2D eigenvalue weighted by Gasteiger charge is -2.11. The zero-order valence-electron chi connectivity index (χ0n) is 10.8. The molecule has 0 aromatic heterocycles. The fraction of sp³-hybridized carbons (Fsp3) is 0. The number of anilines is 1. The number of benzene rings is 2. The number of hydrogen-bond donors (Lipinski definition) is 2. The monoisotopic (exact) mass is 390 g/mol. The first kappa shape index (κ1) is 16.4. The highest BCUT2D eigenvalue weighted by Crippen LogP contribution is 2.28. The van der Waals surface area contributed by atoms with E-state index in [1.54, 1.807) is 0 Å². The second-order valence-electron chi connectivity index (χ2n) is 4.25. The SMILES string of the molecule is NC(=O)c1ccc(NS(=O)(=O)c2c(F)cc(F)cc2Br)cc1. The summed E-state index contributed by atoms with van der Waals surface area (Å²) in [5.74, 6) is -2.80. The Morgan fingerprint density at radius 3 is 2.23 bits per heavy atom. The summed E-state index contributed by atoms with van der Waals surface area (Å²) in [4.78, 5) is 10.2. The highest BCUT2D eigenvalue weighted by atomic mass is 79.9. The second-order valence-corrected chi connectivity index (χ2v) is 6.72. The summed E-state index contributed by atoms with van der Waals surface area (Å²) in [6, 6.07) is 6.54. The molecule has 0 saturated heterocycles. The van der Waals surface area contributed by atoms with Crippen molar-refractivity contribution in [1.82, 2.24) is 0 Å². The Labute approximate surface area is 133 Å². The number of rotatable bonds is 4. The molecule has 0 spiro atoms. The Bertz CT molecular complexity index is 816. The predicted molar refractivity (Wildman–Crippen MR) is 79.8 cm³/mol. The van der Waals surface area contributed by atoms with Crippen molar-refractivity contribution in [2.45, 2.75) is 4.90 Å². The van der Waals surface area contributed by atoms with Crippen LogP contribution in [-0.2, 0) is 10.0 Å². The third-order valence-corrected chi connectivity index (χ3v) is 5.00. The maximum Gasteiger partial charge on any atom is 0.265 e. The summed E-state index contributed by atoms with van der Waals surface area (Å²) in [5, 5.41) is 0. The molecule has 0 radical (unpaired) electrons. The van der Waals surface area contributed by atoms with Crippen molar-refractivity contribution in [1.29, 1.82) is 0 Å². The number of halogens is 3. The van der Waals surface area contributed by atoms with E-state index in [2.05, 4.69) is 20.7 Å². The van der Waals surface area contributed by atoms with Crippen molar-refractivity contribution in [3.63, 3.8) is 0 Å². The molecule has 0 unspecified atom stereocenters. The van der Waals surface area contributed by atoms with Gasteiger partial charge in [0.1, 0.15) is 16.5 Å². The molecule has 0 saturated carbocycles. The summed E-state index contributed by atoms with van der Waals surface area (Å²) in [7, 11) is -4.28. The summed E-state index contributed by atoms with van der Waals surface area (Å²) >= 11 is 2.82. The van der Waals surface area contributed by atoms with Crippen LogP contribution in [0.1, 0.15) is 10.4 Å². The van der Waals surface area contributed by atoms with E-state index in [9.17, 15) is 22.0 Å². The Morgan fingerprint density at radius 1 is 1.14 bits per heavy atom. The number of nitrogens with two attached hydrogens (primary N) is 1. The van der Waals surface area contributed by atoms with E-state index in [0.717, 1.165) is 6.07 Å². The van der Waals surface area contributed by atoms with Crippen molar-refractivity contribution in [2.75, 3.05) is 4.72 Å². The van der Waals surface area contributed by atoms with Gasteiger partial charge in [0.15, 0.2) is 0 Å². The molecule has 116 valence electrons.